The molecule has 1 aliphatic rings. The Balaban J connectivity index is 1.81. The van der Waals surface area contributed by atoms with Gasteiger partial charge in [-0.3, -0.25) is 4.79 Å². The van der Waals surface area contributed by atoms with Gasteiger partial charge < -0.3 is 9.80 Å². The first-order chi connectivity index (χ1) is 13.5. The van der Waals surface area contributed by atoms with Crippen LogP contribution in [0.3, 0.4) is 0 Å². The quantitative estimate of drug-likeness (QED) is 0.672. The summed E-state index contributed by atoms with van der Waals surface area (Å²) in [6.07, 6.45) is 1.01. The van der Waals surface area contributed by atoms with Crippen molar-refractivity contribution in [1.29, 1.82) is 0 Å². The van der Waals surface area contributed by atoms with Crippen LogP contribution in [0.4, 0.5) is 0 Å². The van der Waals surface area contributed by atoms with Gasteiger partial charge in [0.25, 0.3) is 5.91 Å². The number of benzene rings is 2. The van der Waals surface area contributed by atoms with Gasteiger partial charge in [-0.05, 0) is 51.6 Å². The van der Waals surface area contributed by atoms with Crippen molar-refractivity contribution in [3.05, 3.63) is 65.2 Å². The van der Waals surface area contributed by atoms with Crippen LogP contribution in [0.15, 0.2) is 48.5 Å². The van der Waals surface area contributed by atoms with Gasteiger partial charge in [0.15, 0.2) is 0 Å². The first-order valence-corrected chi connectivity index (χ1v) is 9.98. The molecule has 0 spiro atoms. The van der Waals surface area contributed by atoms with E-state index in [1.54, 1.807) is 0 Å². The predicted molar refractivity (Wildman–Crippen MR) is 115 cm³/mol. The number of carbonyl (C=O) groups excluding carboxylic acids is 1. The van der Waals surface area contributed by atoms with E-state index in [-0.39, 0.29) is 5.91 Å². The van der Waals surface area contributed by atoms with E-state index in [4.69, 9.17) is 4.98 Å². The highest BCUT2D eigenvalue weighted by Gasteiger charge is 2.22. The highest BCUT2D eigenvalue weighted by molar-refractivity contribution is 6.07. The lowest BCUT2D eigenvalue weighted by molar-refractivity contribution is 0.0765. The first-order valence-electron chi connectivity index (χ1n) is 9.98. The average Bonchev–Trinajstić information content (AvgIpc) is 2.91. The lowest BCUT2D eigenvalue weighted by Gasteiger charge is -2.22. The highest BCUT2D eigenvalue weighted by atomic mass is 16.2. The predicted octanol–water partition coefficient (Wildman–Crippen LogP) is 4.30. The number of amides is 1. The standard InChI is InChI=1S/C24H27N3O/c1-17-9-10-19(18(2)15-17)23-16-21(20-7-4-5-8-22(20)25-23)24(28)27-12-6-11-26(3)13-14-27/h4-5,7-10,15-16H,6,11-14H2,1-3H3. The molecule has 4 rings (SSSR count). The Morgan fingerprint density at radius 1 is 0.964 bits per heavy atom. The summed E-state index contributed by atoms with van der Waals surface area (Å²) in [7, 11) is 2.12. The number of carbonyl (C=O) groups is 1. The molecule has 1 saturated heterocycles. The van der Waals surface area contributed by atoms with Gasteiger partial charge >= 0.3 is 0 Å². The van der Waals surface area contributed by atoms with E-state index in [0.717, 1.165) is 60.3 Å². The van der Waals surface area contributed by atoms with Gasteiger partial charge in [0.1, 0.15) is 0 Å². The third-order valence-electron chi connectivity index (χ3n) is 5.61. The molecule has 0 aliphatic carbocycles. The van der Waals surface area contributed by atoms with Crippen molar-refractivity contribution in [1.82, 2.24) is 14.8 Å². The fourth-order valence-corrected chi connectivity index (χ4v) is 4.01. The van der Waals surface area contributed by atoms with Gasteiger partial charge in [0.2, 0.25) is 0 Å². The number of fused-ring (bicyclic) bond motifs is 1. The van der Waals surface area contributed by atoms with E-state index in [0.29, 0.717) is 0 Å². The number of rotatable bonds is 2. The Bertz CT molecular complexity index is 1030. The summed E-state index contributed by atoms with van der Waals surface area (Å²) in [5, 5.41) is 0.929. The van der Waals surface area contributed by atoms with E-state index in [1.165, 1.54) is 11.1 Å². The first kappa shape index (κ1) is 18.6. The summed E-state index contributed by atoms with van der Waals surface area (Å²) in [5.41, 5.74) is 5.98. The Morgan fingerprint density at radius 3 is 2.61 bits per heavy atom. The molecule has 0 saturated carbocycles. The molecule has 0 atom stereocenters. The minimum Gasteiger partial charge on any atom is -0.337 e. The minimum atomic E-state index is 0.111. The summed E-state index contributed by atoms with van der Waals surface area (Å²) in [6.45, 7) is 7.72. The second-order valence-electron chi connectivity index (χ2n) is 7.84. The second kappa shape index (κ2) is 7.72. The number of aromatic nitrogens is 1. The number of pyridine rings is 1. The SMILES string of the molecule is Cc1ccc(-c2cc(C(=O)N3CCCN(C)CC3)c3ccccc3n2)c(C)c1. The van der Waals surface area contributed by atoms with Gasteiger partial charge in [-0.15, -0.1) is 0 Å². The van der Waals surface area contributed by atoms with E-state index in [1.807, 2.05) is 35.2 Å². The molecule has 1 amide bonds. The molecule has 3 aromatic rings. The van der Waals surface area contributed by atoms with Crippen LogP contribution in [-0.2, 0) is 0 Å². The zero-order chi connectivity index (χ0) is 19.7. The third-order valence-corrected chi connectivity index (χ3v) is 5.61. The van der Waals surface area contributed by atoms with E-state index in [2.05, 4.69) is 44.0 Å². The minimum absolute atomic E-state index is 0.111. The maximum absolute atomic E-state index is 13.5. The number of nitrogens with zero attached hydrogens (tertiary/aromatic N) is 3. The van der Waals surface area contributed by atoms with E-state index < -0.39 is 0 Å². The lowest BCUT2D eigenvalue weighted by Crippen LogP contribution is -2.34. The molecule has 2 heterocycles. The van der Waals surface area contributed by atoms with Crippen LogP contribution in [0.25, 0.3) is 22.2 Å². The Hall–Kier alpha value is -2.72. The maximum atomic E-state index is 13.5. The van der Waals surface area contributed by atoms with Gasteiger partial charge in [-0.2, -0.15) is 0 Å². The summed E-state index contributed by atoms with van der Waals surface area (Å²) in [4.78, 5) is 22.6. The summed E-state index contributed by atoms with van der Waals surface area (Å²) in [5.74, 6) is 0.111. The van der Waals surface area contributed by atoms with Crippen LogP contribution in [-0.4, -0.2) is 53.9 Å². The number of aryl methyl sites for hydroxylation is 2. The second-order valence-corrected chi connectivity index (χ2v) is 7.84. The van der Waals surface area contributed by atoms with Crippen molar-refractivity contribution >= 4 is 16.8 Å². The Kier molecular flexibility index (Phi) is 5.14. The van der Waals surface area contributed by atoms with E-state index in [9.17, 15) is 4.79 Å². The van der Waals surface area contributed by atoms with Crippen LogP contribution in [0.2, 0.25) is 0 Å². The zero-order valence-corrected chi connectivity index (χ0v) is 16.9. The Morgan fingerprint density at radius 2 is 1.79 bits per heavy atom. The average molecular weight is 374 g/mol. The molecule has 0 bridgehead atoms. The number of hydrogen-bond acceptors (Lipinski definition) is 3. The normalized spacial score (nSPS) is 15.6. The van der Waals surface area contributed by atoms with Gasteiger partial charge in [-0.1, -0.05) is 42.0 Å². The largest absolute Gasteiger partial charge is 0.337 e. The van der Waals surface area contributed by atoms with Crippen LogP contribution >= 0.6 is 0 Å². The van der Waals surface area contributed by atoms with Crippen molar-refractivity contribution in [3.8, 4) is 11.3 Å². The molecule has 144 valence electrons. The third kappa shape index (κ3) is 3.65. The molecule has 1 aromatic heterocycles. The molecular weight excluding hydrogens is 346 g/mol. The fraction of sp³-hybridized carbons (Fsp3) is 0.333. The monoisotopic (exact) mass is 373 g/mol. The molecule has 0 unspecified atom stereocenters. The number of likely N-dealkylation sites (N-methyl/N-ethyl adjacent to an activating group) is 1. The lowest BCUT2D eigenvalue weighted by atomic mass is 9.99. The topological polar surface area (TPSA) is 36.4 Å². The van der Waals surface area contributed by atoms with Crippen LogP contribution < -0.4 is 0 Å². The van der Waals surface area contributed by atoms with Crippen molar-refractivity contribution in [2.75, 3.05) is 33.2 Å². The number of para-hydroxylation sites is 1. The molecule has 4 heteroatoms. The summed E-state index contributed by atoms with van der Waals surface area (Å²) in [6, 6.07) is 16.3. The molecule has 1 fully saturated rings. The molecule has 1 aliphatic heterocycles. The van der Waals surface area contributed by atoms with Crippen LogP contribution in [0.5, 0.6) is 0 Å². The molecule has 2 aromatic carbocycles. The Labute approximate surface area is 166 Å². The number of hydrogen-bond donors (Lipinski definition) is 0. The van der Waals surface area contributed by atoms with Gasteiger partial charge in [0.05, 0.1) is 16.8 Å². The van der Waals surface area contributed by atoms with Gasteiger partial charge in [-0.25, -0.2) is 4.98 Å². The molecule has 4 nitrogen and oxygen atoms in total. The molecular formula is C24H27N3O. The van der Waals surface area contributed by atoms with Crippen molar-refractivity contribution in [2.45, 2.75) is 20.3 Å². The van der Waals surface area contributed by atoms with Crippen LogP contribution in [0.1, 0.15) is 27.9 Å². The van der Waals surface area contributed by atoms with Crippen molar-refractivity contribution < 1.29 is 4.79 Å². The van der Waals surface area contributed by atoms with Crippen LogP contribution in [0, 0.1) is 13.8 Å². The van der Waals surface area contributed by atoms with E-state index >= 15 is 0 Å². The smallest absolute Gasteiger partial charge is 0.254 e. The molecule has 0 radical (unpaired) electrons. The highest BCUT2D eigenvalue weighted by Crippen LogP contribution is 2.28. The summed E-state index contributed by atoms with van der Waals surface area (Å²) < 4.78 is 0. The molecule has 28 heavy (non-hydrogen) atoms. The molecule has 0 N–H and O–H groups in total. The summed E-state index contributed by atoms with van der Waals surface area (Å²) >= 11 is 0. The van der Waals surface area contributed by atoms with Gasteiger partial charge in [0, 0.05) is 30.6 Å². The zero-order valence-electron chi connectivity index (χ0n) is 16.9. The van der Waals surface area contributed by atoms with Crippen molar-refractivity contribution in [3.63, 3.8) is 0 Å². The maximum Gasteiger partial charge on any atom is 0.254 e. The van der Waals surface area contributed by atoms with Crippen molar-refractivity contribution in [2.24, 2.45) is 0 Å². The fourth-order valence-electron chi connectivity index (χ4n) is 4.01.